The fourth-order valence-electron chi connectivity index (χ4n) is 3.22. The first-order valence-electron chi connectivity index (χ1n) is 7.62. The van der Waals surface area contributed by atoms with Crippen LogP contribution in [-0.4, -0.2) is 22.5 Å². The summed E-state index contributed by atoms with van der Waals surface area (Å²) in [5.41, 5.74) is 1.57. The summed E-state index contributed by atoms with van der Waals surface area (Å²) in [7, 11) is 0. The number of nitrogens with zero attached hydrogens (tertiary/aromatic N) is 1. The quantitative estimate of drug-likeness (QED) is 0.916. The van der Waals surface area contributed by atoms with Crippen molar-refractivity contribution in [1.29, 1.82) is 0 Å². The van der Waals surface area contributed by atoms with E-state index in [1.54, 1.807) is 4.88 Å². The zero-order chi connectivity index (χ0) is 13.3. The highest BCUT2D eigenvalue weighted by Gasteiger charge is 2.44. The van der Waals surface area contributed by atoms with E-state index < -0.39 is 0 Å². The highest BCUT2D eigenvalue weighted by molar-refractivity contribution is 8.00. The molecule has 0 radical (unpaired) electrons. The van der Waals surface area contributed by atoms with Crippen LogP contribution in [0.5, 0.6) is 0 Å². The summed E-state index contributed by atoms with van der Waals surface area (Å²) in [4.78, 5) is 6.62. The van der Waals surface area contributed by atoms with E-state index >= 15 is 0 Å². The van der Waals surface area contributed by atoms with Crippen LogP contribution in [0.2, 0.25) is 0 Å². The Morgan fingerprint density at radius 3 is 2.89 bits per heavy atom. The van der Waals surface area contributed by atoms with Crippen molar-refractivity contribution in [2.24, 2.45) is 0 Å². The van der Waals surface area contributed by atoms with Gasteiger partial charge in [-0.15, -0.1) is 11.3 Å². The molecule has 0 aromatic carbocycles. The first-order valence-corrected chi connectivity index (χ1v) is 9.48. The molecule has 1 N–H and O–H groups in total. The molecule has 19 heavy (non-hydrogen) atoms. The van der Waals surface area contributed by atoms with Gasteiger partial charge in [-0.05, 0) is 50.8 Å². The van der Waals surface area contributed by atoms with E-state index in [4.69, 9.17) is 4.98 Å². The molecular weight excluding hydrogens is 272 g/mol. The number of aromatic nitrogens is 1. The molecule has 1 aliphatic heterocycles. The molecule has 0 spiro atoms. The second kappa shape index (κ2) is 5.74. The fourth-order valence-corrected chi connectivity index (χ4v) is 6.12. The van der Waals surface area contributed by atoms with Crippen LogP contribution in [0.15, 0.2) is 0 Å². The number of hydrogen-bond donors (Lipinski definition) is 1. The third-order valence-electron chi connectivity index (χ3n) is 4.48. The molecule has 106 valence electrons. The van der Waals surface area contributed by atoms with Gasteiger partial charge < -0.3 is 5.32 Å². The predicted molar refractivity (Wildman–Crippen MR) is 85.3 cm³/mol. The molecule has 1 aromatic heterocycles. The minimum absolute atomic E-state index is 0.155. The molecule has 0 amide bonds. The standard InChI is InChI=1S/C15H24N2S2/c1-3-9-16-15(8-10-18-11(15)2)14-17-12-6-4-5-7-13(12)19-14/h11,16H,3-10H2,1-2H3. The van der Waals surface area contributed by atoms with Gasteiger partial charge in [0, 0.05) is 10.1 Å². The summed E-state index contributed by atoms with van der Waals surface area (Å²) in [5, 5.41) is 5.87. The molecular formula is C15H24N2S2. The Hall–Kier alpha value is -0.0600. The third kappa shape index (κ3) is 2.47. The Morgan fingerprint density at radius 2 is 2.21 bits per heavy atom. The van der Waals surface area contributed by atoms with E-state index in [1.807, 2.05) is 11.3 Å². The van der Waals surface area contributed by atoms with E-state index in [0.717, 1.165) is 6.54 Å². The van der Waals surface area contributed by atoms with Crippen molar-refractivity contribution in [3.8, 4) is 0 Å². The summed E-state index contributed by atoms with van der Waals surface area (Å²) >= 11 is 4.10. The number of nitrogens with one attached hydrogen (secondary N) is 1. The summed E-state index contributed by atoms with van der Waals surface area (Å²) in [5.74, 6) is 1.27. The van der Waals surface area contributed by atoms with Crippen molar-refractivity contribution in [1.82, 2.24) is 10.3 Å². The van der Waals surface area contributed by atoms with Crippen molar-refractivity contribution in [2.75, 3.05) is 12.3 Å². The van der Waals surface area contributed by atoms with Gasteiger partial charge in [-0.1, -0.05) is 13.8 Å². The minimum atomic E-state index is 0.155. The number of aryl methyl sites for hydroxylation is 2. The van der Waals surface area contributed by atoms with E-state index in [9.17, 15) is 0 Å². The zero-order valence-electron chi connectivity index (χ0n) is 12.0. The molecule has 2 aliphatic rings. The Bertz CT molecular complexity index is 420. The first-order chi connectivity index (χ1) is 9.26. The average Bonchev–Trinajstić information content (AvgIpc) is 3.00. The van der Waals surface area contributed by atoms with E-state index in [0.29, 0.717) is 5.25 Å². The van der Waals surface area contributed by atoms with Gasteiger partial charge in [-0.2, -0.15) is 11.8 Å². The zero-order valence-corrected chi connectivity index (χ0v) is 13.6. The van der Waals surface area contributed by atoms with Crippen molar-refractivity contribution in [3.05, 3.63) is 15.6 Å². The molecule has 2 heterocycles. The lowest BCUT2D eigenvalue weighted by Crippen LogP contribution is -2.47. The number of thiazole rings is 1. The number of fused-ring (bicyclic) bond motifs is 1. The smallest absolute Gasteiger partial charge is 0.114 e. The number of thioether (sulfide) groups is 1. The van der Waals surface area contributed by atoms with Gasteiger partial charge in [0.25, 0.3) is 0 Å². The fraction of sp³-hybridized carbons (Fsp3) is 0.800. The molecule has 2 unspecified atom stereocenters. The van der Waals surface area contributed by atoms with Crippen LogP contribution >= 0.6 is 23.1 Å². The van der Waals surface area contributed by atoms with Crippen molar-refractivity contribution in [2.45, 2.75) is 63.2 Å². The highest BCUT2D eigenvalue weighted by atomic mass is 32.2. The molecule has 2 atom stereocenters. The number of hydrogen-bond acceptors (Lipinski definition) is 4. The maximum atomic E-state index is 5.05. The van der Waals surface area contributed by atoms with Crippen molar-refractivity contribution in [3.63, 3.8) is 0 Å². The average molecular weight is 297 g/mol. The predicted octanol–water partition coefficient (Wildman–Crippen LogP) is 3.74. The van der Waals surface area contributed by atoms with Crippen molar-refractivity contribution >= 4 is 23.1 Å². The summed E-state index contributed by atoms with van der Waals surface area (Å²) in [6.45, 7) is 5.73. The molecule has 3 rings (SSSR count). The Morgan fingerprint density at radius 1 is 1.37 bits per heavy atom. The molecule has 2 nitrogen and oxygen atoms in total. The first kappa shape index (κ1) is 13.9. The van der Waals surface area contributed by atoms with Gasteiger partial charge in [-0.3, -0.25) is 0 Å². The van der Waals surface area contributed by atoms with Crippen LogP contribution in [-0.2, 0) is 18.4 Å². The lowest BCUT2D eigenvalue weighted by Gasteiger charge is -2.32. The van der Waals surface area contributed by atoms with E-state index in [2.05, 4.69) is 30.9 Å². The van der Waals surface area contributed by atoms with E-state index in [1.165, 1.54) is 55.0 Å². The topological polar surface area (TPSA) is 24.9 Å². The summed E-state index contributed by atoms with van der Waals surface area (Å²) in [6.07, 6.45) is 7.59. The van der Waals surface area contributed by atoms with Crippen LogP contribution in [0.1, 0.15) is 55.1 Å². The van der Waals surface area contributed by atoms with Gasteiger partial charge in [0.2, 0.25) is 0 Å². The highest BCUT2D eigenvalue weighted by Crippen LogP contribution is 2.45. The molecule has 1 fully saturated rings. The van der Waals surface area contributed by atoms with E-state index in [-0.39, 0.29) is 5.54 Å². The normalized spacial score (nSPS) is 30.5. The second-order valence-electron chi connectivity index (χ2n) is 5.76. The largest absolute Gasteiger partial charge is 0.304 e. The molecule has 0 bridgehead atoms. The minimum Gasteiger partial charge on any atom is -0.304 e. The van der Waals surface area contributed by atoms with Crippen LogP contribution < -0.4 is 5.32 Å². The molecule has 1 aromatic rings. The van der Waals surface area contributed by atoms with Crippen LogP contribution in [0.25, 0.3) is 0 Å². The van der Waals surface area contributed by atoms with Gasteiger partial charge >= 0.3 is 0 Å². The molecule has 0 saturated carbocycles. The van der Waals surface area contributed by atoms with Gasteiger partial charge in [0.1, 0.15) is 5.01 Å². The molecule has 4 heteroatoms. The SMILES string of the molecule is CCCNC1(c2nc3c(s2)CCCC3)CCSC1C. The second-order valence-corrected chi connectivity index (χ2v) is 8.29. The summed E-state index contributed by atoms with van der Waals surface area (Å²) in [6, 6.07) is 0. The van der Waals surface area contributed by atoms with Gasteiger partial charge in [-0.25, -0.2) is 4.98 Å². The van der Waals surface area contributed by atoms with Gasteiger partial charge in [0.05, 0.1) is 11.2 Å². The molecule has 1 saturated heterocycles. The van der Waals surface area contributed by atoms with Crippen LogP contribution in [0, 0.1) is 0 Å². The van der Waals surface area contributed by atoms with Gasteiger partial charge in [0.15, 0.2) is 0 Å². The Kier molecular flexibility index (Phi) is 4.20. The monoisotopic (exact) mass is 296 g/mol. The Balaban J connectivity index is 1.92. The summed E-state index contributed by atoms with van der Waals surface area (Å²) < 4.78 is 0. The van der Waals surface area contributed by atoms with Crippen LogP contribution in [0.4, 0.5) is 0 Å². The lowest BCUT2D eigenvalue weighted by molar-refractivity contribution is 0.333. The van der Waals surface area contributed by atoms with Crippen molar-refractivity contribution < 1.29 is 0 Å². The lowest BCUT2D eigenvalue weighted by atomic mass is 9.93. The number of rotatable bonds is 4. The third-order valence-corrected chi connectivity index (χ3v) is 7.15. The maximum absolute atomic E-state index is 5.05. The molecule has 1 aliphatic carbocycles. The Labute approximate surface area is 124 Å². The maximum Gasteiger partial charge on any atom is 0.114 e. The van der Waals surface area contributed by atoms with Crippen LogP contribution in [0.3, 0.4) is 0 Å².